The Bertz CT molecular complexity index is 1110. The largest absolute Gasteiger partial charge is 0.366 e. The van der Waals surface area contributed by atoms with Gasteiger partial charge in [-0.1, -0.05) is 30.3 Å². The number of primary amides is 1. The highest BCUT2D eigenvalue weighted by molar-refractivity contribution is 7.99. The van der Waals surface area contributed by atoms with Gasteiger partial charge in [0.1, 0.15) is 5.00 Å². The fourth-order valence-electron chi connectivity index (χ4n) is 2.60. The van der Waals surface area contributed by atoms with E-state index < -0.39 is 5.91 Å². The van der Waals surface area contributed by atoms with Crippen LogP contribution in [0.15, 0.2) is 39.6 Å². The first-order valence-electron chi connectivity index (χ1n) is 8.40. The lowest BCUT2D eigenvalue weighted by atomic mass is 10.2. The lowest BCUT2D eigenvalue weighted by Crippen LogP contribution is -2.24. The van der Waals surface area contributed by atoms with Gasteiger partial charge in [0.25, 0.3) is 11.5 Å². The molecule has 0 bridgehead atoms. The van der Waals surface area contributed by atoms with E-state index in [4.69, 9.17) is 17.3 Å². The minimum Gasteiger partial charge on any atom is -0.366 e. The number of nitrogens with one attached hydrogen (secondary N) is 1. The molecule has 7 nitrogen and oxygen atoms in total. The average Bonchev–Trinajstić information content (AvgIpc) is 3.11. The normalized spacial score (nSPS) is 10.9. The van der Waals surface area contributed by atoms with Crippen molar-refractivity contribution >= 4 is 62.4 Å². The molecule has 1 aromatic carbocycles. The fraction of sp³-hybridized carbons (Fsp3) is 0.222. The van der Waals surface area contributed by atoms with Crippen LogP contribution in [0.4, 0.5) is 5.00 Å². The van der Waals surface area contributed by atoms with Gasteiger partial charge in [0.05, 0.1) is 22.2 Å². The minimum atomic E-state index is -0.603. The van der Waals surface area contributed by atoms with E-state index in [1.54, 1.807) is 34.2 Å². The number of fused-ring (bicyclic) bond motifs is 1. The molecule has 0 saturated carbocycles. The number of hydrogen-bond donors (Lipinski definition) is 2. The van der Waals surface area contributed by atoms with Crippen molar-refractivity contribution in [1.29, 1.82) is 0 Å². The Morgan fingerprint density at radius 3 is 2.86 bits per heavy atom. The second-order valence-corrected chi connectivity index (χ2v) is 8.17. The Hall–Kier alpha value is -2.36. The predicted molar refractivity (Wildman–Crippen MR) is 113 cm³/mol. The number of anilines is 1. The van der Waals surface area contributed by atoms with E-state index in [9.17, 15) is 14.4 Å². The van der Waals surface area contributed by atoms with Crippen LogP contribution >= 0.6 is 34.7 Å². The SMILES string of the molecule is CCCn1c(SCC(=O)Nc2sccc2C(N)=O)nc2cc(Cl)ccc2c1=O. The van der Waals surface area contributed by atoms with Gasteiger partial charge in [-0.15, -0.1) is 11.3 Å². The first kappa shape index (κ1) is 20.4. The maximum absolute atomic E-state index is 12.8. The summed E-state index contributed by atoms with van der Waals surface area (Å²) >= 11 is 8.38. The van der Waals surface area contributed by atoms with E-state index in [2.05, 4.69) is 10.3 Å². The smallest absolute Gasteiger partial charge is 0.262 e. The number of benzene rings is 1. The maximum Gasteiger partial charge on any atom is 0.262 e. The zero-order chi connectivity index (χ0) is 20.3. The summed E-state index contributed by atoms with van der Waals surface area (Å²) in [4.78, 5) is 41.0. The zero-order valence-electron chi connectivity index (χ0n) is 14.9. The predicted octanol–water partition coefficient (Wildman–Crippen LogP) is 3.35. The summed E-state index contributed by atoms with van der Waals surface area (Å²) in [5.74, 6) is -0.897. The summed E-state index contributed by atoms with van der Waals surface area (Å²) < 4.78 is 1.56. The summed E-state index contributed by atoms with van der Waals surface area (Å²) in [6.07, 6.45) is 0.748. The molecule has 0 aliphatic rings. The molecule has 0 saturated heterocycles. The van der Waals surface area contributed by atoms with E-state index in [0.717, 1.165) is 18.2 Å². The first-order chi connectivity index (χ1) is 13.4. The third-order valence-electron chi connectivity index (χ3n) is 3.85. The van der Waals surface area contributed by atoms with Crippen molar-refractivity contribution < 1.29 is 9.59 Å². The molecule has 0 spiro atoms. The van der Waals surface area contributed by atoms with Gasteiger partial charge in [0.2, 0.25) is 5.91 Å². The third-order valence-corrected chi connectivity index (χ3v) is 5.89. The number of carbonyl (C=O) groups is 2. The standard InChI is InChI=1S/C18H17ClN4O3S2/c1-2-6-23-17(26)11-4-3-10(19)8-13(11)21-18(23)28-9-14(24)22-16-12(15(20)25)5-7-27-16/h3-5,7-8H,2,6,9H2,1H3,(H2,20,25)(H,22,24). The number of hydrogen-bond acceptors (Lipinski definition) is 6. The molecule has 0 aliphatic carbocycles. The number of thiophene rings is 1. The van der Waals surface area contributed by atoms with E-state index in [1.165, 1.54) is 11.3 Å². The Labute approximate surface area is 173 Å². The average molecular weight is 437 g/mol. The number of nitrogens with two attached hydrogens (primary N) is 1. The number of aromatic nitrogens is 2. The fourth-order valence-corrected chi connectivity index (χ4v) is 4.40. The molecule has 0 unspecified atom stereocenters. The molecule has 10 heteroatoms. The molecular weight excluding hydrogens is 420 g/mol. The van der Waals surface area contributed by atoms with Crippen LogP contribution in [0.2, 0.25) is 5.02 Å². The van der Waals surface area contributed by atoms with E-state index >= 15 is 0 Å². The van der Waals surface area contributed by atoms with E-state index in [0.29, 0.717) is 32.6 Å². The van der Waals surface area contributed by atoms with Crippen LogP contribution in [0.1, 0.15) is 23.7 Å². The van der Waals surface area contributed by atoms with E-state index in [1.807, 2.05) is 6.92 Å². The summed E-state index contributed by atoms with van der Waals surface area (Å²) in [5, 5.41) is 6.17. The third kappa shape index (κ3) is 4.37. The summed E-state index contributed by atoms with van der Waals surface area (Å²) in [5.41, 5.74) is 5.88. The Morgan fingerprint density at radius 1 is 1.36 bits per heavy atom. The van der Waals surface area contributed by atoms with Crippen molar-refractivity contribution in [3.05, 3.63) is 50.6 Å². The van der Waals surface area contributed by atoms with Crippen molar-refractivity contribution in [2.45, 2.75) is 25.0 Å². The molecule has 3 N–H and O–H groups in total. The lowest BCUT2D eigenvalue weighted by molar-refractivity contribution is -0.113. The zero-order valence-corrected chi connectivity index (χ0v) is 17.3. The van der Waals surface area contributed by atoms with E-state index in [-0.39, 0.29) is 22.8 Å². The molecule has 3 rings (SSSR count). The van der Waals surface area contributed by atoms with Crippen LogP contribution in [0.25, 0.3) is 10.9 Å². The number of amides is 2. The van der Waals surface area contributed by atoms with Crippen molar-refractivity contribution in [3.8, 4) is 0 Å². The van der Waals surface area contributed by atoms with Crippen LogP contribution in [0.3, 0.4) is 0 Å². The number of halogens is 1. The van der Waals surface area contributed by atoms with Crippen molar-refractivity contribution in [2.75, 3.05) is 11.1 Å². The minimum absolute atomic E-state index is 0.0261. The lowest BCUT2D eigenvalue weighted by Gasteiger charge is -2.12. The molecule has 2 amide bonds. The van der Waals surface area contributed by atoms with Gasteiger partial charge in [-0.3, -0.25) is 19.0 Å². The van der Waals surface area contributed by atoms with Crippen molar-refractivity contribution in [2.24, 2.45) is 5.73 Å². The molecule has 3 aromatic rings. The molecule has 0 fully saturated rings. The molecule has 0 aliphatic heterocycles. The first-order valence-corrected chi connectivity index (χ1v) is 10.6. The Kier molecular flexibility index (Phi) is 6.38. The monoisotopic (exact) mass is 436 g/mol. The number of nitrogens with zero attached hydrogens (tertiary/aromatic N) is 2. The van der Waals surface area contributed by atoms with Gasteiger partial charge in [-0.05, 0) is 36.1 Å². The van der Waals surface area contributed by atoms with Gasteiger partial charge in [0.15, 0.2) is 5.16 Å². The number of carbonyl (C=O) groups excluding carboxylic acids is 2. The molecular formula is C18H17ClN4O3S2. The van der Waals surface area contributed by atoms with Crippen LogP contribution in [0, 0.1) is 0 Å². The Morgan fingerprint density at radius 2 is 2.14 bits per heavy atom. The summed E-state index contributed by atoms with van der Waals surface area (Å²) in [7, 11) is 0. The van der Waals surface area contributed by atoms with Gasteiger partial charge in [0, 0.05) is 11.6 Å². The highest BCUT2D eigenvalue weighted by Crippen LogP contribution is 2.24. The maximum atomic E-state index is 12.8. The summed E-state index contributed by atoms with van der Waals surface area (Å²) in [6, 6.07) is 6.50. The van der Waals surface area contributed by atoms with Gasteiger partial charge in [-0.2, -0.15) is 0 Å². The van der Waals surface area contributed by atoms with Crippen molar-refractivity contribution in [3.63, 3.8) is 0 Å². The van der Waals surface area contributed by atoms with Gasteiger partial charge >= 0.3 is 0 Å². The van der Waals surface area contributed by atoms with Crippen LogP contribution < -0.4 is 16.6 Å². The molecule has 146 valence electrons. The quantitative estimate of drug-likeness (QED) is 0.436. The summed E-state index contributed by atoms with van der Waals surface area (Å²) in [6.45, 7) is 2.45. The molecule has 2 aromatic heterocycles. The second kappa shape index (κ2) is 8.76. The molecule has 2 heterocycles. The molecule has 0 atom stereocenters. The molecule has 0 radical (unpaired) electrons. The highest BCUT2D eigenvalue weighted by atomic mass is 35.5. The van der Waals surface area contributed by atoms with Gasteiger partial charge in [-0.25, -0.2) is 4.98 Å². The van der Waals surface area contributed by atoms with Crippen LogP contribution in [-0.2, 0) is 11.3 Å². The second-order valence-electron chi connectivity index (χ2n) is 5.88. The van der Waals surface area contributed by atoms with Crippen LogP contribution in [-0.4, -0.2) is 27.1 Å². The Balaban J connectivity index is 1.83. The number of thioether (sulfide) groups is 1. The highest BCUT2D eigenvalue weighted by Gasteiger charge is 2.16. The number of rotatable bonds is 7. The molecule has 28 heavy (non-hydrogen) atoms. The topological polar surface area (TPSA) is 107 Å². The van der Waals surface area contributed by atoms with Gasteiger partial charge < -0.3 is 11.1 Å². The van der Waals surface area contributed by atoms with Crippen molar-refractivity contribution in [1.82, 2.24) is 9.55 Å². The van der Waals surface area contributed by atoms with Crippen LogP contribution in [0.5, 0.6) is 0 Å².